The molecule has 0 aliphatic carbocycles. The number of aliphatic hydroxyl groups excluding tert-OH is 1. The molecule has 2 N–H and O–H groups in total. The van der Waals surface area contributed by atoms with E-state index in [4.69, 9.17) is 0 Å². The van der Waals surface area contributed by atoms with Gasteiger partial charge in [-0.05, 0) is 26.2 Å². The first-order valence-corrected chi connectivity index (χ1v) is 7.61. The number of nitrogens with zero attached hydrogens (tertiary/aromatic N) is 2. The van der Waals surface area contributed by atoms with Crippen molar-refractivity contribution in [1.29, 1.82) is 0 Å². The third kappa shape index (κ3) is 3.35. The van der Waals surface area contributed by atoms with E-state index >= 15 is 0 Å². The van der Waals surface area contributed by atoms with Gasteiger partial charge in [-0.2, -0.15) is 0 Å². The number of rotatable bonds is 6. The van der Waals surface area contributed by atoms with Crippen molar-refractivity contribution in [3.63, 3.8) is 0 Å². The van der Waals surface area contributed by atoms with E-state index in [2.05, 4.69) is 41.7 Å². The Morgan fingerprint density at radius 1 is 1.42 bits per heavy atom. The maximum absolute atomic E-state index is 9.41. The summed E-state index contributed by atoms with van der Waals surface area (Å²) in [5.74, 6) is 0.583. The molecule has 5 heteroatoms. The van der Waals surface area contributed by atoms with Gasteiger partial charge in [0.05, 0.1) is 18.0 Å². The van der Waals surface area contributed by atoms with Gasteiger partial charge in [0, 0.05) is 23.7 Å². The van der Waals surface area contributed by atoms with Gasteiger partial charge >= 0.3 is 0 Å². The van der Waals surface area contributed by atoms with Crippen LogP contribution in [0.1, 0.15) is 36.5 Å². The molecule has 0 aliphatic rings. The van der Waals surface area contributed by atoms with Crippen LogP contribution in [0.25, 0.3) is 4.96 Å². The van der Waals surface area contributed by atoms with Crippen LogP contribution in [0.3, 0.4) is 0 Å². The third-order valence-electron chi connectivity index (χ3n) is 3.28. The second kappa shape index (κ2) is 6.03. The predicted molar refractivity (Wildman–Crippen MR) is 79.7 cm³/mol. The first-order valence-electron chi connectivity index (χ1n) is 6.79. The minimum atomic E-state index is 0.157. The lowest BCUT2D eigenvalue weighted by atomic mass is 10.0. The number of aliphatic hydroxyl groups is 1. The van der Waals surface area contributed by atoms with Gasteiger partial charge in [-0.25, -0.2) is 4.98 Å². The fourth-order valence-corrected chi connectivity index (χ4v) is 3.24. The quantitative estimate of drug-likeness (QED) is 0.855. The Morgan fingerprint density at radius 3 is 2.79 bits per heavy atom. The summed E-state index contributed by atoms with van der Waals surface area (Å²) < 4.78 is 2.16. The number of nitrogens with one attached hydrogen (secondary N) is 1. The van der Waals surface area contributed by atoms with Crippen LogP contribution >= 0.6 is 11.3 Å². The fraction of sp³-hybridized carbons (Fsp3) is 0.643. The Balaban J connectivity index is 2.09. The number of hydrogen-bond acceptors (Lipinski definition) is 4. The lowest BCUT2D eigenvalue weighted by molar-refractivity contribution is 0.223. The molecule has 0 saturated heterocycles. The highest BCUT2D eigenvalue weighted by atomic mass is 32.1. The largest absolute Gasteiger partial charge is 0.395 e. The van der Waals surface area contributed by atoms with Crippen LogP contribution in [-0.4, -0.2) is 27.1 Å². The van der Waals surface area contributed by atoms with Gasteiger partial charge in [-0.15, -0.1) is 11.3 Å². The zero-order chi connectivity index (χ0) is 14.0. The van der Waals surface area contributed by atoms with Gasteiger partial charge in [0.25, 0.3) is 0 Å². The van der Waals surface area contributed by atoms with Crippen LogP contribution < -0.4 is 5.32 Å². The summed E-state index contributed by atoms with van der Waals surface area (Å²) in [6.07, 6.45) is 3.12. The van der Waals surface area contributed by atoms with E-state index in [9.17, 15) is 5.11 Å². The number of thiazole rings is 1. The normalized spacial score (nSPS) is 13.6. The first-order chi connectivity index (χ1) is 9.01. The molecule has 0 spiro atoms. The first kappa shape index (κ1) is 14.5. The highest BCUT2D eigenvalue weighted by Crippen LogP contribution is 2.20. The molecule has 2 aromatic rings. The van der Waals surface area contributed by atoms with Crippen LogP contribution in [0.15, 0.2) is 6.20 Å². The monoisotopic (exact) mass is 281 g/mol. The number of aryl methyl sites for hydroxylation is 2. The smallest absolute Gasteiger partial charge is 0.194 e. The molecule has 0 saturated carbocycles. The lowest BCUT2D eigenvalue weighted by Crippen LogP contribution is -2.33. The molecule has 0 amide bonds. The van der Waals surface area contributed by atoms with Crippen molar-refractivity contribution in [2.75, 3.05) is 6.61 Å². The van der Waals surface area contributed by atoms with Gasteiger partial charge in [0.2, 0.25) is 0 Å². The average Bonchev–Trinajstić information content (AvgIpc) is 2.80. The standard InChI is InChI=1S/C14H23N3OS/c1-9(2)5-12(8-18)15-6-13-11(4)16-14-17(13)7-10(3)19-14/h7,9,12,15,18H,5-6,8H2,1-4H3. The summed E-state index contributed by atoms with van der Waals surface area (Å²) in [4.78, 5) is 6.90. The molecule has 1 unspecified atom stereocenters. The third-order valence-corrected chi connectivity index (χ3v) is 4.17. The lowest BCUT2D eigenvalue weighted by Gasteiger charge is -2.18. The topological polar surface area (TPSA) is 49.6 Å². The van der Waals surface area contributed by atoms with Gasteiger partial charge in [0.1, 0.15) is 0 Å². The minimum absolute atomic E-state index is 0.157. The van der Waals surface area contributed by atoms with Crippen molar-refractivity contribution in [1.82, 2.24) is 14.7 Å². The molecule has 106 valence electrons. The molecular formula is C14H23N3OS. The van der Waals surface area contributed by atoms with Crippen LogP contribution in [0.5, 0.6) is 0 Å². The highest BCUT2D eigenvalue weighted by Gasteiger charge is 2.14. The van der Waals surface area contributed by atoms with Gasteiger partial charge < -0.3 is 10.4 Å². The number of imidazole rings is 1. The second-order valence-corrected chi connectivity index (χ2v) is 6.74. The SMILES string of the molecule is Cc1cn2c(CNC(CO)CC(C)C)c(C)nc2s1. The number of aromatic nitrogens is 2. The van der Waals surface area contributed by atoms with Crippen molar-refractivity contribution < 1.29 is 5.11 Å². The Bertz CT molecular complexity index is 544. The van der Waals surface area contributed by atoms with E-state index in [-0.39, 0.29) is 12.6 Å². The zero-order valence-electron chi connectivity index (χ0n) is 12.1. The van der Waals surface area contributed by atoms with Crippen molar-refractivity contribution in [2.24, 2.45) is 5.92 Å². The molecule has 1 atom stereocenters. The van der Waals surface area contributed by atoms with E-state index in [0.29, 0.717) is 5.92 Å². The summed E-state index contributed by atoms with van der Waals surface area (Å²) in [6, 6.07) is 0.157. The van der Waals surface area contributed by atoms with Crippen LogP contribution in [0.4, 0.5) is 0 Å². The molecule has 2 aromatic heterocycles. The van der Waals surface area contributed by atoms with Gasteiger partial charge in [-0.1, -0.05) is 13.8 Å². The maximum atomic E-state index is 9.41. The number of hydrogen-bond donors (Lipinski definition) is 2. The molecule has 0 radical (unpaired) electrons. The molecule has 0 fully saturated rings. The molecule has 2 heterocycles. The average molecular weight is 281 g/mol. The zero-order valence-corrected chi connectivity index (χ0v) is 12.9. The van der Waals surface area contributed by atoms with E-state index in [1.165, 1.54) is 10.6 Å². The second-order valence-electron chi connectivity index (χ2n) is 5.53. The minimum Gasteiger partial charge on any atom is -0.395 e. The van der Waals surface area contributed by atoms with Crippen molar-refractivity contribution in [3.05, 3.63) is 22.5 Å². The van der Waals surface area contributed by atoms with Crippen molar-refractivity contribution >= 4 is 16.3 Å². The molecule has 19 heavy (non-hydrogen) atoms. The number of fused-ring (bicyclic) bond motifs is 1. The maximum Gasteiger partial charge on any atom is 0.194 e. The summed E-state index contributed by atoms with van der Waals surface area (Å²) in [5, 5.41) is 12.8. The highest BCUT2D eigenvalue weighted by molar-refractivity contribution is 7.17. The Morgan fingerprint density at radius 2 is 2.16 bits per heavy atom. The summed E-state index contributed by atoms with van der Waals surface area (Å²) in [5.41, 5.74) is 2.27. The van der Waals surface area contributed by atoms with Crippen molar-refractivity contribution in [2.45, 2.75) is 46.7 Å². The summed E-state index contributed by atoms with van der Waals surface area (Å²) in [6.45, 7) is 9.43. The van der Waals surface area contributed by atoms with Crippen LogP contribution in [-0.2, 0) is 6.54 Å². The van der Waals surface area contributed by atoms with Crippen molar-refractivity contribution in [3.8, 4) is 0 Å². The molecule has 2 rings (SSSR count). The molecule has 4 nitrogen and oxygen atoms in total. The Labute approximate surface area is 118 Å². The van der Waals surface area contributed by atoms with Crippen LogP contribution in [0.2, 0.25) is 0 Å². The molecular weight excluding hydrogens is 258 g/mol. The Hall–Kier alpha value is -0.910. The fourth-order valence-electron chi connectivity index (χ4n) is 2.35. The molecule has 0 bridgehead atoms. The van der Waals surface area contributed by atoms with E-state index in [1.54, 1.807) is 11.3 Å². The molecule has 0 aliphatic heterocycles. The van der Waals surface area contributed by atoms with E-state index in [0.717, 1.165) is 23.6 Å². The predicted octanol–water partition coefficient (Wildman–Crippen LogP) is 2.51. The summed E-state index contributed by atoms with van der Waals surface area (Å²) >= 11 is 1.71. The van der Waals surface area contributed by atoms with Gasteiger partial charge in [0.15, 0.2) is 4.96 Å². The van der Waals surface area contributed by atoms with E-state index < -0.39 is 0 Å². The molecule has 0 aromatic carbocycles. The van der Waals surface area contributed by atoms with E-state index in [1.807, 2.05) is 6.92 Å². The Kier molecular flexibility index (Phi) is 4.60. The van der Waals surface area contributed by atoms with Gasteiger partial charge in [-0.3, -0.25) is 4.40 Å². The van der Waals surface area contributed by atoms with Crippen LogP contribution in [0, 0.1) is 19.8 Å². The summed E-state index contributed by atoms with van der Waals surface area (Å²) in [7, 11) is 0.